The van der Waals surface area contributed by atoms with Crippen LogP contribution in [0.1, 0.15) is 26.3 Å². The van der Waals surface area contributed by atoms with Crippen molar-refractivity contribution in [3.05, 3.63) is 28.2 Å². The average molecular weight is 384 g/mol. The van der Waals surface area contributed by atoms with Gasteiger partial charge in [0.2, 0.25) is 0 Å². The van der Waals surface area contributed by atoms with Crippen LogP contribution in [0.5, 0.6) is 0 Å². The monoisotopic (exact) mass is 383 g/mol. The van der Waals surface area contributed by atoms with Crippen LogP contribution in [0, 0.1) is 0 Å². The van der Waals surface area contributed by atoms with Crippen molar-refractivity contribution in [3.63, 3.8) is 0 Å². The molecule has 1 amide bonds. The molecule has 0 saturated carbocycles. The van der Waals surface area contributed by atoms with Crippen molar-refractivity contribution in [3.8, 4) is 0 Å². The molecule has 1 fully saturated rings. The lowest BCUT2D eigenvalue weighted by Gasteiger charge is -2.37. The van der Waals surface area contributed by atoms with Gasteiger partial charge in [0.05, 0.1) is 5.69 Å². The summed E-state index contributed by atoms with van der Waals surface area (Å²) in [6.45, 7) is 9.27. The minimum absolute atomic E-state index is 0.227. The van der Waals surface area contributed by atoms with Crippen molar-refractivity contribution in [2.75, 3.05) is 37.6 Å². The number of rotatable bonds is 3. The van der Waals surface area contributed by atoms with Gasteiger partial charge in [-0.1, -0.05) is 6.07 Å². The normalized spacial score (nSPS) is 15.7. The molecule has 1 aliphatic rings. The Morgan fingerprint density at radius 1 is 1.26 bits per heavy atom. The second kappa shape index (κ2) is 7.53. The Bertz CT molecular complexity index is 549. The van der Waals surface area contributed by atoms with Crippen LogP contribution < -0.4 is 10.6 Å². The summed E-state index contributed by atoms with van der Waals surface area (Å²) in [6, 6.07) is 6.37. The van der Waals surface area contributed by atoms with Gasteiger partial charge in [0, 0.05) is 30.7 Å². The van der Waals surface area contributed by atoms with Gasteiger partial charge in [0.25, 0.3) is 0 Å². The number of amides is 1. The molecule has 1 saturated heterocycles. The second-order valence-corrected chi connectivity index (χ2v) is 7.63. The lowest BCUT2D eigenvalue weighted by atomic mass is 10.1. The zero-order valence-corrected chi connectivity index (χ0v) is 15.7. The SMILES string of the molecule is CC(C)(C)OC(=O)N1CCN(c2ccc(CCN)cc2Br)CC1. The van der Waals surface area contributed by atoms with E-state index in [-0.39, 0.29) is 6.09 Å². The van der Waals surface area contributed by atoms with E-state index in [4.69, 9.17) is 10.5 Å². The maximum absolute atomic E-state index is 12.1. The van der Waals surface area contributed by atoms with E-state index in [9.17, 15) is 4.79 Å². The van der Waals surface area contributed by atoms with E-state index in [1.807, 2.05) is 20.8 Å². The third-order valence-corrected chi connectivity index (χ3v) is 4.35. The van der Waals surface area contributed by atoms with Gasteiger partial charge >= 0.3 is 6.09 Å². The second-order valence-electron chi connectivity index (χ2n) is 6.78. The van der Waals surface area contributed by atoms with Crippen LogP contribution in [0.15, 0.2) is 22.7 Å². The molecule has 0 radical (unpaired) electrons. The first-order chi connectivity index (χ1) is 10.8. The van der Waals surface area contributed by atoms with E-state index in [0.717, 1.165) is 29.7 Å². The molecule has 1 aromatic carbocycles. The number of piperazine rings is 1. The van der Waals surface area contributed by atoms with Crippen LogP contribution in [0.2, 0.25) is 0 Å². The maximum Gasteiger partial charge on any atom is 0.410 e. The van der Waals surface area contributed by atoms with E-state index in [1.54, 1.807) is 4.90 Å². The van der Waals surface area contributed by atoms with Crippen molar-refractivity contribution in [1.29, 1.82) is 0 Å². The molecule has 0 aromatic heterocycles. The lowest BCUT2D eigenvalue weighted by Crippen LogP contribution is -2.50. The average Bonchev–Trinajstić information content (AvgIpc) is 2.46. The minimum Gasteiger partial charge on any atom is -0.444 e. The van der Waals surface area contributed by atoms with Crippen LogP contribution in [0.4, 0.5) is 10.5 Å². The molecule has 1 aromatic rings. The first-order valence-corrected chi connectivity index (χ1v) is 8.81. The van der Waals surface area contributed by atoms with Crippen LogP contribution >= 0.6 is 15.9 Å². The number of nitrogens with two attached hydrogens (primary N) is 1. The van der Waals surface area contributed by atoms with Crippen LogP contribution in [0.25, 0.3) is 0 Å². The van der Waals surface area contributed by atoms with Crippen molar-refractivity contribution < 1.29 is 9.53 Å². The Hall–Kier alpha value is -1.27. The molecule has 5 nitrogen and oxygen atoms in total. The van der Waals surface area contributed by atoms with Crippen LogP contribution in [-0.4, -0.2) is 49.3 Å². The molecular weight excluding hydrogens is 358 g/mol. The molecule has 2 N–H and O–H groups in total. The molecule has 0 unspecified atom stereocenters. The number of nitrogens with zero attached hydrogens (tertiary/aromatic N) is 2. The lowest BCUT2D eigenvalue weighted by molar-refractivity contribution is 0.0240. The summed E-state index contributed by atoms with van der Waals surface area (Å²) in [5.41, 5.74) is 7.55. The first-order valence-electron chi connectivity index (χ1n) is 8.01. The molecule has 0 aliphatic carbocycles. The Morgan fingerprint density at radius 2 is 1.91 bits per heavy atom. The number of hydrogen-bond acceptors (Lipinski definition) is 4. The Kier molecular flexibility index (Phi) is 5.92. The largest absolute Gasteiger partial charge is 0.444 e. The quantitative estimate of drug-likeness (QED) is 0.871. The fourth-order valence-electron chi connectivity index (χ4n) is 2.59. The molecule has 1 heterocycles. The van der Waals surface area contributed by atoms with Crippen molar-refractivity contribution in [2.24, 2.45) is 5.73 Å². The van der Waals surface area contributed by atoms with Gasteiger partial charge in [0.15, 0.2) is 0 Å². The number of carbonyl (C=O) groups is 1. The third kappa shape index (κ3) is 5.11. The van der Waals surface area contributed by atoms with Gasteiger partial charge in [-0.25, -0.2) is 4.79 Å². The van der Waals surface area contributed by atoms with E-state index in [0.29, 0.717) is 19.6 Å². The van der Waals surface area contributed by atoms with Gasteiger partial charge in [-0.3, -0.25) is 0 Å². The van der Waals surface area contributed by atoms with Gasteiger partial charge in [-0.15, -0.1) is 0 Å². The fourth-order valence-corrected chi connectivity index (χ4v) is 3.26. The minimum atomic E-state index is -0.448. The van der Waals surface area contributed by atoms with Crippen LogP contribution in [-0.2, 0) is 11.2 Å². The van der Waals surface area contributed by atoms with Gasteiger partial charge in [-0.05, 0) is 67.4 Å². The zero-order valence-electron chi connectivity index (χ0n) is 14.1. The van der Waals surface area contributed by atoms with E-state index < -0.39 is 5.60 Å². The topological polar surface area (TPSA) is 58.8 Å². The Labute approximate surface area is 146 Å². The molecular formula is C17H26BrN3O2. The van der Waals surface area contributed by atoms with Gasteiger partial charge in [0.1, 0.15) is 5.60 Å². The summed E-state index contributed by atoms with van der Waals surface area (Å²) >= 11 is 3.65. The number of hydrogen-bond donors (Lipinski definition) is 1. The summed E-state index contributed by atoms with van der Waals surface area (Å²) in [6.07, 6.45) is 0.653. The molecule has 6 heteroatoms. The van der Waals surface area contributed by atoms with Gasteiger partial charge in [-0.2, -0.15) is 0 Å². The number of anilines is 1. The summed E-state index contributed by atoms with van der Waals surface area (Å²) < 4.78 is 6.51. The molecule has 0 spiro atoms. The smallest absolute Gasteiger partial charge is 0.410 e. The predicted octanol–water partition coefficient (Wildman–Crippen LogP) is 3.01. The number of carbonyl (C=O) groups excluding carboxylic acids is 1. The molecule has 0 atom stereocenters. The molecule has 1 aliphatic heterocycles. The van der Waals surface area contributed by atoms with E-state index >= 15 is 0 Å². The van der Waals surface area contributed by atoms with Gasteiger partial charge < -0.3 is 20.3 Å². The van der Waals surface area contributed by atoms with Crippen molar-refractivity contribution in [2.45, 2.75) is 32.8 Å². The van der Waals surface area contributed by atoms with Crippen molar-refractivity contribution in [1.82, 2.24) is 4.90 Å². The molecule has 0 bridgehead atoms. The predicted molar refractivity (Wildman–Crippen MR) is 96.9 cm³/mol. The Morgan fingerprint density at radius 3 is 2.43 bits per heavy atom. The maximum atomic E-state index is 12.1. The summed E-state index contributed by atoms with van der Waals surface area (Å²) in [7, 11) is 0. The summed E-state index contributed by atoms with van der Waals surface area (Å²) in [5.74, 6) is 0. The third-order valence-electron chi connectivity index (χ3n) is 3.72. The standard InChI is InChI=1S/C17H26BrN3O2/c1-17(2,3)23-16(22)21-10-8-20(9-11-21)15-5-4-13(6-7-19)12-14(15)18/h4-5,12H,6-11,19H2,1-3H3. The van der Waals surface area contributed by atoms with Crippen molar-refractivity contribution >= 4 is 27.7 Å². The number of halogens is 1. The van der Waals surface area contributed by atoms with E-state index in [2.05, 4.69) is 39.0 Å². The Balaban J connectivity index is 1.95. The van der Waals surface area contributed by atoms with Crippen LogP contribution in [0.3, 0.4) is 0 Å². The summed E-state index contributed by atoms with van der Waals surface area (Å²) in [4.78, 5) is 16.2. The highest BCUT2D eigenvalue weighted by Gasteiger charge is 2.26. The molecule has 128 valence electrons. The highest BCUT2D eigenvalue weighted by atomic mass is 79.9. The molecule has 2 rings (SSSR count). The highest BCUT2D eigenvalue weighted by molar-refractivity contribution is 9.10. The molecule has 23 heavy (non-hydrogen) atoms. The highest BCUT2D eigenvalue weighted by Crippen LogP contribution is 2.28. The number of benzene rings is 1. The fraction of sp³-hybridized carbons (Fsp3) is 0.588. The first kappa shape index (κ1) is 18.1. The zero-order chi connectivity index (χ0) is 17.0. The number of ether oxygens (including phenoxy) is 1. The summed E-state index contributed by atoms with van der Waals surface area (Å²) in [5, 5.41) is 0. The van der Waals surface area contributed by atoms with E-state index in [1.165, 1.54) is 5.56 Å².